The third kappa shape index (κ3) is 1.95. The summed E-state index contributed by atoms with van der Waals surface area (Å²) >= 11 is 0. The topological polar surface area (TPSA) is 65.2 Å². The zero-order chi connectivity index (χ0) is 10.1. The van der Waals surface area contributed by atoms with E-state index < -0.39 is 23.9 Å². The van der Waals surface area contributed by atoms with E-state index in [1.165, 1.54) is 0 Å². The van der Waals surface area contributed by atoms with Crippen molar-refractivity contribution in [2.75, 3.05) is 7.11 Å². The van der Waals surface area contributed by atoms with E-state index in [-0.39, 0.29) is 0 Å². The van der Waals surface area contributed by atoms with Crippen LogP contribution in [0.3, 0.4) is 0 Å². The van der Waals surface area contributed by atoms with Gasteiger partial charge in [-0.2, -0.15) is 18.2 Å². The molecule has 1 rings (SSSR count). The molecule has 0 aliphatic rings. The second kappa shape index (κ2) is 3.04. The maximum atomic E-state index is 11.8. The number of ether oxygens (including phenoxy) is 1. The lowest BCUT2D eigenvalue weighted by Gasteiger charge is -1.95. The minimum atomic E-state index is -4.73. The number of halogens is 3. The van der Waals surface area contributed by atoms with E-state index in [4.69, 9.17) is 0 Å². The standard InChI is InChI=1S/C5H3F3N2O3/c1-12-3(11)2-9-4(10-13-2)5(6,7)8/h1H3. The Hall–Kier alpha value is -1.60. The van der Waals surface area contributed by atoms with E-state index in [9.17, 15) is 18.0 Å². The monoisotopic (exact) mass is 196 g/mol. The quantitative estimate of drug-likeness (QED) is 0.623. The van der Waals surface area contributed by atoms with E-state index in [1.54, 1.807) is 0 Å². The number of hydrogen-bond acceptors (Lipinski definition) is 5. The van der Waals surface area contributed by atoms with Crippen molar-refractivity contribution in [2.24, 2.45) is 0 Å². The highest BCUT2D eigenvalue weighted by atomic mass is 19.4. The number of carbonyl (C=O) groups is 1. The number of carbonyl (C=O) groups excluding carboxylic acids is 1. The lowest BCUT2D eigenvalue weighted by molar-refractivity contribution is -0.146. The van der Waals surface area contributed by atoms with Crippen LogP contribution in [0.2, 0.25) is 0 Å². The van der Waals surface area contributed by atoms with Crippen LogP contribution >= 0.6 is 0 Å². The summed E-state index contributed by atoms with van der Waals surface area (Å²) in [5.41, 5.74) is 0. The fraction of sp³-hybridized carbons (Fsp3) is 0.400. The second-order valence-electron chi connectivity index (χ2n) is 1.91. The largest absolute Gasteiger partial charge is 0.462 e. The molecule has 0 N–H and O–H groups in total. The van der Waals surface area contributed by atoms with Gasteiger partial charge in [-0.15, -0.1) is 0 Å². The van der Waals surface area contributed by atoms with Crippen molar-refractivity contribution in [1.82, 2.24) is 10.1 Å². The van der Waals surface area contributed by atoms with Crippen molar-refractivity contribution < 1.29 is 27.2 Å². The normalized spacial score (nSPS) is 11.4. The van der Waals surface area contributed by atoms with Gasteiger partial charge in [-0.05, 0) is 0 Å². The van der Waals surface area contributed by atoms with Crippen molar-refractivity contribution in [2.45, 2.75) is 6.18 Å². The Kier molecular flexibility index (Phi) is 2.22. The summed E-state index contributed by atoms with van der Waals surface area (Å²) < 4.78 is 43.5. The van der Waals surface area contributed by atoms with Crippen molar-refractivity contribution in [1.29, 1.82) is 0 Å². The van der Waals surface area contributed by atoms with Gasteiger partial charge < -0.3 is 9.26 Å². The number of nitrogens with zero attached hydrogens (tertiary/aromatic N) is 2. The number of alkyl halides is 3. The number of hydrogen-bond donors (Lipinski definition) is 0. The molecule has 72 valence electrons. The van der Waals surface area contributed by atoms with Crippen LogP contribution in [0.5, 0.6) is 0 Å². The van der Waals surface area contributed by atoms with Crippen LogP contribution in [0.1, 0.15) is 16.5 Å². The van der Waals surface area contributed by atoms with Gasteiger partial charge in [0.05, 0.1) is 7.11 Å². The SMILES string of the molecule is COC(=O)c1nc(C(F)(F)F)no1. The minimum Gasteiger partial charge on any atom is -0.462 e. The summed E-state index contributed by atoms with van der Waals surface area (Å²) in [6.45, 7) is 0. The molecule has 0 aromatic carbocycles. The van der Waals surface area contributed by atoms with Gasteiger partial charge >= 0.3 is 18.0 Å². The Morgan fingerprint density at radius 2 is 2.15 bits per heavy atom. The molecule has 0 spiro atoms. The van der Waals surface area contributed by atoms with Crippen LogP contribution in [0.4, 0.5) is 13.2 Å². The molecule has 1 heterocycles. The predicted octanol–water partition coefficient (Wildman–Crippen LogP) is 0.875. The summed E-state index contributed by atoms with van der Waals surface area (Å²) in [7, 11) is 0.986. The van der Waals surface area contributed by atoms with Crippen molar-refractivity contribution >= 4 is 5.97 Å². The van der Waals surface area contributed by atoms with E-state index in [0.717, 1.165) is 7.11 Å². The van der Waals surface area contributed by atoms with Crippen LogP contribution in [0.25, 0.3) is 0 Å². The molecule has 0 aliphatic heterocycles. The van der Waals surface area contributed by atoms with Gasteiger partial charge in [0, 0.05) is 0 Å². The zero-order valence-corrected chi connectivity index (χ0v) is 6.25. The Bertz CT molecular complexity index is 319. The summed E-state index contributed by atoms with van der Waals surface area (Å²) in [6.07, 6.45) is -4.73. The van der Waals surface area contributed by atoms with Gasteiger partial charge in [-0.3, -0.25) is 0 Å². The van der Waals surface area contributed by atoms with Gasteiger partial charge in [0.15, 0.2) is 0 Å². The van der Waals surface area contributed by atoms with Crippen LogP contribution in [-0.4, -0.2) is 23.2 Å². The molecule has 0 bridgehead atoms. The maximum Gasteiger partial charge on any atom is 0.455 e. The Morgan fingerprint density at radius 3 is 2.54 bits per heavy atom. The Balaban J connectivity index is 2.93. The third-order valence-electron chi connectivity index (χ3n) is 1.04. The molecule has 5 nitrogen and oxygen atoms in total. The molecular formula is C5H3F3N2O3. The van der Waals surface area contributed by atoms with E-state index in [1.807, 2.05) is 0 Å². The van der Waals surface area contributed by atoms with E-state index in [0.29, 0.717) is 0 Å². The van der Waals surface area contributed by atoms with Crippen LogP contribution in [0, 0.1) is 0 Å². The Labute approximate surface area is 69.5 Å². The predicted molar refractivity (Wildman–Crippen MR) is 30.6 cm³/mol. The van der Waals surface area contributed by atoms with Gasteiger partial charge in [0.25, 0.3) is 5.82 Å². The lowest BCUT2D eigenvalue weighted by atomic mass is 10.6. The molecule has 0 radical (unpaired) electrons. The van der Waals surface area contributed by atoms with Crippen LogP contribution < -0.4 is 0 Å². The maximum absolute atomic E-state index is 11.8. The first-order valence-corrected chi connectivity index (χ1v) is 2.94. The molecule has 13 heavy (non-hydrogen) atoms. The van der Waals surface area contributed by atoms with E-state index >= 15 is 0 Å². The van der Waals surface area contributed by atoms with Gasteiger partial charge in [-0.25, -0.2) is 4.79 Å². The molecule has 0 atom stereocenters. The average molecular weight is 196 g/mol. The highest BCUT2D eigenvalue weighted by Gasteiger charge is 2.38. The van der Waals surface area contributed by atoms with Gasteiger partial charge in [0.2, 0.25) is 0 Å². The molecule has 0 saturated heterocycles. The number of esters is 1. The smallest absolute Gasteiger partial charge is 0.455 e. The highest BCUT2D eigenvalue weighted by Crippen LogP contribution is 2.26. The Morgan fingerprint density at radius 1 is 1.54 bits per heavy atom. The fourth-order valence-corrected chi connectivity index (χ4v) is 0.509. The van der Waals surface area contributed by atoms with Crippen molar-refractivity contribution in [3.8, 4) is 0 Å². The summed E-state index contributed by atoms with van der Waals surface area (Å²) in [5, 5.41) is 2.54. The van der Waals surface area contributed by atoms with Gasteiger partial charge in [0.1, 0.15) is 0 Å². The number of aromatic nitrogens is 2. The molecule has 0 amide bonds. The number of rotatable bonds is 1. The zero-order valence-electron chi connectivity index (χ0n) is 6.25. The molecule has 1 aromatic heterocycles. The first-order chi connectivity index (χ1) is 5.95. The molecule has 0 fully saturated rings. The first kappa shape index (κ1) is 9.49. The summed E-state index contributed by atoms with van der Waals surface area (Å²) in [5.74, 6) is -3.44. The lowest BCUT2D eigenvalue weighted by Crippen LogP contribution is -2.08. The summed E-state index contributed by atoms with van der Waals surface area (Å²) in [6, 6.07) is 0. The molecule has 0 aliphatic carbocycles. The van der Waals surface area contributed by atoms with Crippen LogP contribution in [-0.2, 0) is 10.9 Å². The van der Waals surface area contributed by atoms with Crippen LogP contribution in [0.15, 0.2) is 4.52 Å². The minimum absolute atomic E-state index is 0.824. The third-order valence-corrected chi connectivity index (χ3v) is 1.04. The molecular weight excluding hydrogens is 193 g/mol. The highest BCUT2D eigenvalue weighted by molar-refractivity contribution is 5.83. The molecule has 8 heteroatoms. The molecule has 0 saturated carbocycles. The average Bonchev–Trinajstić information content (AvgIpc) is 2.50. The van der Waals surface area contributed by atoms with Crippen molar-refractivity contribution in [3.63, 3.8) is 0 Å². The fourth-order valence-electron chi connectivity index (χ4n) is 0.509. The van der Waals surface area contributed by atoms with Crippen molar-refractivity contribution in [3.05, 3.63) is 11.7 Å². The molecule has 1 aromatic rings. The summed E-state index contributed by atoms with van der Waals surface area (Å²) in [4.78, 5) is 13.3. The van der Waals surface area contributed by atoms with Gasteiger partial charge in [-0.1, -0.05) is 5.16 Å². The first-order valence-electron chi connectivity index (χ1n) is 2.94. The molecule has 0 unspecified atom stereocenters. The second-order valence-corrected chi connectivity index (χ2v) is 1.91. The van der Waals surface area contributed by atoms with E-state index in [2.05, 4.69) is 19.4 Å². The number of methoxy groups -OCH3 is 1.